The van der Waals surface area contributed by atoms with E-state index in [9.17, 15) is 4.79 Å². The SMILES string of the molecule is C=C(C)C(=O)C1CCCN1CC. The van der Waals surface area contributed by atoms with Crippen LogP contribution in [-0.2, 0) is 4.79 Å². The van der Waals surface area contributed by atoms with Crippen LogP contribution in [0.2, 0.25) is 0 Å². The normalized spacial score (nSPS) is 24.3. The molecule has 0 radical (unpaired) electrons. The van der Waals surface area contributed by atoms with Crippen molar-refractivity contribution in [3.63, 3.8) is 0 Å². The Balaban J connectivity index is 2.61. The van der Waals surface area contributed by atoms with E-state index < -0.39 is 0 Å². The zero-order chi connectivity index (χ0) is 9.14. The minimum Gasteiger partial charge on any atom is -0.294 e. The van der Waals surface area contributed by atoms with Crippen molar-refractivity contribution < 1.29 is 4.79 Å². The van der Waals surface area contributed by atoms with Gasteiger partial charge in [-0.2, -0.15) is 0 Å². The molecule has 0 aromatic heterocycles. The molecule has 2 nitrogen and oxygen atoms in total. The van der Waals surface area contributed by atoms with Gasteiger partial charge in [-0.25, -0.2) is 0 Å². The zero-order valence-electron chi connectivity index (χ0n) is 7.97. The maximum Gasteiger partial charge on any atom is 0.175 e. The summed E-state index contributed by atoms with van der Waals surface area (Å²) >= 11 is 0. The molecule has 1 aliphatic heterocycles. The molecule has 1 fully saturated rings. The minimum absolute atomic E-state index is 0.132. The second-order valence-electron chi connectivity index (χ2n) is 3.43. The molecule has 0 bridgehead atoms. The molecule has 0 N–H and O–H groups in total. The van der Waals surface area contributed by atoms with Crippen molar-refractivity contribution in [3.05, 3.63) is 12.2 Å². The standard InChI is InChI=1S/C10H17NO/c1-4-11-7-5-6-9(11)10(12)8(2)3/h9H,2,4-7H2,1,3H3. The van der Waals surface area contributed by atoms with Gasteiger partial charge in [-0.3, -0.25) is 9.69 Å². The first-order chi connectivity index (χ1) is 5.66. The van der Waals surface area contributed by atoms with Crippen molar-refractivity contribution in [2.45, 2.75) is 32.7 Å². The first-order valence-corrected chi connectivity index (χ1v) is 4.60. The summed E-state index contributed by atoms with van der Waals surface area (Å²) in [6.45, 7) is 9.64. The third-order valence-electron chi connectivity index (χ3n) is 2.49. The molecular formula is C10H17NO. The Morgan fingerprint density at radius 2 is 2.33 bits per heavy atom. The quantitative estimate of drug-likeness (QED) is 0.595. The topological polar surface area (TPSA) is 20.3 Å². The van der Waals surface area contributed by atoms with Gasteiger partial charge in [0.15, 0.2) is 5.78 Å². The van der Waals surface area contributed by atoms with E-state index in [0.29, 0.717) is 5.57 Å². The van der Waals surface area contributed by atoms with Crippen molar-refractivity contribution in [1.29, 1.82) is 0 Å². The summed E-state index contributed by atoms with van der Waals surface area (Å²) in [5, 5.41) is 0. The molecule has 1 rings (SSSR count). The Morgan fingerprint density at radius 3 is 2.83 bits per heavy atom. The number of Topliss-reactive ketones (excluding diaryl/α,β-unsaturated/α-hetero) is 1. The third kappa shape index (κ3) is 1.75. The highest BCUT2D eigenvalue weighted by atomic mass is 16.1. The molecule has 1 aliphatic rings. The van der Waals surface area contributed by atoms with Gasteiger partial charge in [-0.15, -0.1) is 0 Å². The van der Waals surface area contributed by atoms with E-state index in [1.807, 2.05) is 0 Å². The van der Waals surface area contributed by atoms with Crippen molar-refractivity contribution >= 4 is 5.78 Å². The number of carbonyl (C=O) groups excluding carboxylic acids is 1. The largest absolute Gasteiger partial charge is 0.294 e. The fraction of sp³-hybridized carbons (Fsp3) is 0.700. The number of hydrogen-bond donors (Lipinski definition) is 0. The van der Waals surface area contributed by atoms with Gasteiger partial charge < -0.3 is 0 Å². The monoisotopic (exact) mass is 167 g/mol. The maximum atomic E-state index is 11.6. The fourth-order valence-electron chi connectivity index (χ4n) is 1.79. The molecular weight excluding hydrogens is 150 g/mol. The Labute approximate surface area is 74.2 Å². The van der Waals surface area contributed by atoms with Gasteiger partial charge in [0.05, 0.1) is 6.04 Å². The Kier molecular flexibility index (Phi) is 3.04. The van der Waals surface area contributed by atoms with Crippen LogP contribution in [0.15, 0.2) is 12.2 Å². The van der Waals surface area contributed by atoms with E-state index in [4.69, 9.17) is 0 Å². The zero-order valence-corrected chi connectivity index (χ0v) is 7.97. The molecule has 12 heavy (non-hydrogen) atoms. The minimum atomic E-state index is 0.132. The van der Waals surface area contributed by atoms with Gasteiger partial charge in [-0.05, 0) is 38.4 Å². The number of hydrogen-bond acceptors (Lipinski definition) is 2. The molecule has 1 saturated heterocycles. The second-order valence-corrected chi connectivity index (χ2v) is 3.43. The molecule has 1 atom stereocenters. The molecule has 0 saturated carbocycles. The van der Waals surface area contributed by atoms with Gasteiger partial charge in [0, 0.05) is 0 Å². The maximum absolute atomic E-state index is 11.6. The van der Waals surface area contributed by atoms with E-state index in [2.05, 4.69) is 18.4 Å². The van der Waals surface area contributed by atoms with Crippen LogP contribution in [0.4, 0.5) is 0 Å². The van der Waals surface area contributed by atoms with Gasteiger partial charge >= 0.3 is 0 Å². The summed E-state index contributed by atoms with van der Waals surface area (Å²) in [5.74, 6) is 0.231. The van der Waals surface area contributed by atoms with Crippen molar-refractivity contribution in [3.8, 4) is 0 Å². The smallest absolute Gasteiger partial charge is 0.175 e. The number of rotatable bonds is 3. The molecule has 0 spiro atoms. The lowest BCUT2D eigenvalue weighted by molar-refractivity contribution is -0.119. The first kappa shape index (κ1) is 9.46. The van der Waals surface area contributed by atoms with Crippen LogP contribution in [0, 0.1) is 0 Å². The summed E-state index contributed by atoms with van der Waals surface area (Å²) in [6.07, 6.45) is 2.16. The van der Waals surface area contributed by atoms with Crippen LogP contribution in [0.5, 0.6) is 0 Å². The molecule has 2 heteroatoms. The summed E-state index contributed by atoms with van der Waals surface area (Å²) in [6, 6.07) is 0.132. The fourth-order valence-corrected chi connectivity index (χ4v) is 1.79. The van der Waals surface area contributed by atoms with E-state index in [0.717, 1.165) is 25.9 Å². The summed E-state index contributed by atoms with van der Waals surface area (Å²) < 4.78 is 0. The van der Waals surface area contributed by atoms with Crippen LogP contribution < -0.4 is 0 Å². The van der Waals surface area contributed by atoms with Crippen LogP contribution in [0.25, 0.3) is 0 Å². The Bertz CT molecular complexity index is 198. The van der Waals surface area contributed by atoms with Gasteiger partial charge in [0.2, 0.25) is 0 Å². The highest BCUT2D eigenvalue weighted by molar-refractivity contribution is 5.98. The molecule has 0 aromatic rings. The lowest BCUT2D eigenvalue weighted by Crippen LogP contribution is -2.36. The summed E-state index contributed by atoms with van der Waals surface area (Å²) in [4.78, 5) is 13.8. The predicted octanol–water partition coefficient (Wildman–Crippen LogP) is 1.62. The van der Waals surface area contributed by atoms with E-state index in [-0.39, 0.29) is 11.8 Å². The molecule has 0 aliphatic carbocycles. The average molecular weight is 167 g/mol. The van der Waals surface area contributed by atoms with Gasteiger partial charge in [0.1, 0.15) is 0 Å². The van der Waals surface area contributed by atoms with Gasteiger partial charge in [-0.1, -0.05) is 13.5 Å². The Morgan fingerprint density at radius 1 is 1.67 bits per heavy atom. The lowest BCUT2D eigenvalue weighted by atomic mass is 10.1. The van der Waals surface area contributed by atoms with Gasteiger partial charge in [0.25, 0.3) is 0 Å². The van der Waals surface area contributed by atoms with Crippen LogP contribution >= 0.6 is 0 Å². The second kappa shape index (κ2) is 3.85. The van der Waals surface area contributed by atoms with Crippen LogP contribution in [0.1, 0.15) is 26.7 Å². The van der Waals surface area contributed by atoms with Crippen molar-refractivity contribution in [2.24, 2.45) is 0 Å². The number of likely N-dealkylation sites (tertiary alicyclic amines) is 1. The van der Waals surface area contributed by atoms with Crippen LogP contribution in [0.3, 0.4) is 0 Å². The average Bonchev–Trinajstić information content (AvgIpc) is 2.49. The van der Waals surface area contributed by atoms with Crippen molar-refractivity contribution in [2.75, 3.05) is 13.1 Å². The molecule has 0 amide bonds. The van der Waals surface area contributed by atoms with E-state index in [1.54, 1.807) is 6.92 Å². The predicted molar refractivity (Wildman–Crippen MR) is 50.1 cm³/mol. The number of ketones is 1. The highest BCUT2D eigenvalue weighted by Crippen LogP contribution is 2.19. The summed E-state index contributed by atoms with van der Waals surface area (Å²) in [7, 11) is 0. The first-order valence-electron chi connectivity index (χ1n) is 4.60. The van der Waals surface area contributed by atoms with Crippen LogP contribution in [-0.4, -0.2) is 29.8 Å². The molecule has 0 aromatic carbocycles. The van der Waals surface area contributed by atoms with Crippen molar-refractivity contribution in [1.82, 2.24) is 4.90 Å². The lowest BCUT2D eigenvalue weighted by Gasteiger charge is -2.21. The molecule has 68 valence electrons. The number of nitrogens with zero attached hydrogens (tertiary/aromatic N) is 1. The van der Waals surface area contributed by atoms with E-state index >= 15 is 0 Å². The third-order valence-corrected chi connectivity index (χ3v) is 2.49. The number of carbonyl (C=O) groups is 1. The number of likely N-dealkylation sites (N-methyl/N-ethyl adjacent to an activating group) is 1. The summed E-state index contributed by atoms with van der Waals surface area (Å²) in [5.41, 5.74) is 0.695. The van der Waals surface area contributed by atoms with E-state index in [1.165, 1.54) is 0 Å². The molecule has 1 heterocycles. The highest BCUT2D eigenvalue weighted by Gasteiger charge is 2.29. The molecule has 1 unspecified atom stereocenters. The Hall–Kier alpha value is -0.630.